The predicted molar refractivity (Wildman–Crippen MR) is 140 cm³/mol. The van der Waals surface area contributed by atoms with Crippen LogP contribution in [-0.2, 0) is 43.9 Å². The first-order valence-electron chi connectivity index (χ1n) is 13.2. The van der Waals surface area contributed by atoms with E-state index in [0.29, 0.717) is 30.1 Å². The van der Waals surface area contributed by atoms with Crippen LogP contribution in [-0.4, -0.2) is 93.4 Å². The van der Waals surface area contributed by atoms with Gasteiger partial charge < -0.3 is 24.2 Å². The van der Waals surface area contributed by atoms with Crippen LogP contribution in [0.15, 0.2) is 24.4 Å². The third-order valence-electron chi connectivity index (χ3n) is 7.29. The van der Waals surface area contributed by atoms with Gasteiger partial charge in [0.25, 0.3) is 0 Å². The number of aryl methyl sites for hydroxylation is 1. The molecule has 224 valence electrons. The highest BCUT2D eigenvalue weighted by atomic mass is 19.1. The molecule has 2 fully saturated rings. The number of fused-ring (bicyclic) bond motifs is 1. The minimum absolute atomic E-state index is 0.0733. The Morgan fingerprint density at radius 3 is 2.69 bits per heavy atom. The fourth-order valence-electron chi connectivity index (χ4n) is 5.30. The Hall–Kier alpha value is -4.89. The number of carbonyl (C=O) groups is 5. The van der Waals surface area contributed by atoms with Crippen LogP contribution in [0, 0.1) is 5.82 Å². The Labute approximate surface area is 238 Å². The van der Waals surface area contributed by atoms with Crippen LogP contribution in [0.2, 0.25) is 0 Å². The van der Waals surface area contributed by atoms with Crippen molar-refractivity contribution in [3.05, 3.63) is 41.5 Å². The number of nitrogens with zero attached hydrogens (tertiary/aromatic N) is 6. The molecule has 0 radical (unpaired) electrons. The Kier molecular flexibility index (Phi) is 7.87. The molecule has 5 rings (SSSR count). The summed E-state index contributed by atoms with van der Waals surface area (Å²) in [5.74, 6) is -2.13. The Bertz CT molecular complexity index is 1410. The van der Waals surface area contributed by atoms with E-state index in [1.165, 1.54) is 11.0 Å². The van der Waals surface area contributed by atoms with Crippen molar-refractivity contribution in [1.82, 2.24) is 19.6 Å². The van der Waals surface area contributed by atoms with Crippen molar-refractivity contribution < 1.29 is 47.7 Å². The van der Waals surface area contributed by atoms with Crippen LogP contribution in [0.1, 0.15) is 31.0 Å². The molecule has 1 N–H and O–H groups in total. The molecule has 0 spiro atoms. The largest absolute Gasteiger partial charge is 0.465 e. The molecule has 0 saturated carbocycles. The molecular formula is C26H29FN6O9. The maximum atomic E-state index is 15.1. The summed E-state index contributed by atoms with van der Waals surface area (Å²) in [7, 11) is 1.82. The smallest absolute Gasteiger partial charge is 0.419 e. The number of rotatable bonds is 7. The number of likely N-dealkylation sites (tertiary alicyclic amines) is 1. The summed E-state index contributed by atoms with van der Waals surface area (Å²) in [4.78, 5) is 65.4. The second-order valence-corrected chi connectivity index (χ2v) is 10.1. The van der Waals surface area contributed by atoms with Gasteiger partial charge in [0.1, 0.15) is 18.0 Å². The molecule has 16 heteroatoms. The number of amides is 4. The summed E-state index contributed by atoms with van der Waals surface area (Å²) < 4.78 is 31.9. The number of esters is 1. The van der Waals surface area contributed by atoms with Crippen LogP contribution in [0.3, 0.4) is 0 Å². The number of aromatic nitrogens is 2. The van der Waals surface area contributed by atoms with Crippen molar-refractivity contribution >= 4 is 41.5 Å². The van der Waals surface area contributed by atoms with E-state index >= 15 is 4.39 Å². The normalized spacial score (nSPS) is 19.5. The average Bonchev–Trinajstić information content (AvgIpc) is 3.70. The van der Waals surface area contributed by atoms with Gasteiger partial charge >= 0.3 is 24.2 Å². The average molecular weight is 589 g/mol. The Balaban J connectivity index is 1.15. The lowest BCUT2D eigenvalue weighted by atomic mass is 10.2. The molecule has 1 aromatic heterocycles. The van der Waals surface area contributed by atoms with Crippen LogP contribution >= 0.6 is 0 Å². The van der Waals surface area contributed by atoms with Gasteiger partial charge in [-0.3, -0.25) is 19.3 Å². The molecule has 2 aromatic rings. The number of anilines is 2. The van der Waals surface area contributed by atoms with Gasteiger partial charge in [0, 0.05) is 38.8 Å². The summed E-state index contributed by atoms with van der Waals surface area (Å²) >= 11 is 0. The first-order chi connectivity index (χ1) is 20.0. The quantitative estimate of drug-likeness (QED) is 0.372. The zero-order valence-electron chi connectivity index (χ0n) is 22.9. The summed E-state index contributed by atoms with van der Waals surface area (Å²) in [6.07, 6.45) is -1.48. The standard InChI is InChI=1S/C26H29FN6O9/c1-15(34)32(25(38)41-14-40-23(35)22-4-3-7-31(22)24(36)37)11-18-12-33(26(39)42-18)17-5-6-21(19(27)8-17)30-10-16-9-29(2)28-20(16)13-30/h5-6,8-9,18,22H,3-4,7,10-14H2,1-2H3,(H,36,37)/t18-,22-/m0/s1. The molecule has 15 nitrogen and oxygen atoms in total. The Morgan fingerprint density at radius 1 is 1.21 bits per heavy atom. The van der Waals surface area contributed by atoms with Gasteiger partial charge in [-0.2, -0.15) is 5.10 Å². The summed E-state index contributed by atoms with van der Waals surface area (Å²) in [5, 5.41) is 13.5. The molecule has 2 saturated heterocycles. The van der Waals surface area contributed by atoms with Crippen molar-refractivity contribution in [3.63, 3.8) is 0 Å². The third kappa shape index (κ3) is 5.77. The molecule has 1 aromatic carbocycles. The number of ether oxygens (including phenoxy) is 3. The van der Waals surface area contributed by atoms with Crippen LogP contribution in [0.25, 0.3) is 0 Å². The zero-order valence-corrected chi connectivity index (χ0v) is 22.9. The molecule has 3 aliphatic heterocycles. The van der Waals surface area contributed by atoms with Gasteiger partial charge in [0.2, 0.25) is 12.7 Å². The van der Waals surface area contributed by atoms with E-state index < -0.39 is 54.9 Å². The second-order valence-electron chi connectivity index (χ2n) is 10.1. The third-order valence-corrected chi connectivity index (χ3v) is 7.29. The van der Waals surface area contributed by atoms with Gasteiger partial charge in [-0.25, -0.2) is 28.5 Å². The maximum absolute atomic E-state index is 15.1. The highest BCUT2D eigenvalue weighted by Crippen LogP contribution is 2.32. The lowest BCUT2D eigenvalue weighted by molar-refractivity contribution is -0.157. The molecule has 42 heavy (non-hydrogen) atoms. The van der Waals surface area contributed by atoms with Crippen LogP contribution in [0.5, 0.6) is 0 Å². The lowest BCUT2D eigenvalue weighted by Gasteiger charge is -2.22. The molecule has 4 heterocycles. The van der Waals surface area contributed by atoms with Crippen molar-refractivity contribution in [2.45, 2.75) is 45.0 Å². The van der Waals surface area contributed by atoms with Crippen LogP contribution in [0.4, 0.5) is 30.1 Å². The highest BCUT2D eigenvalue weighted by molar-refractivity contribution is 5.92. The number of benzene rings is 1. The van der Waals surface area contributed by atoms with E-state index in [4.69, 9.17) is 19.3 Å². The van der Waals surface area contributed by atoms with E-state index in [1.54, 1.807) is 16.8 Å². The van der Waals surface area contributed by atoms with E-state index in [0.717, 1.165) is 23.1 Å². The molecule has 4 amide bonds. The van der Waals surface area contributed by atoms with E-state index in [2.05, 4.69) is 5.10 Å². The first kappa shape index (κ1) is 28.6. The number of imide groups is 1. The van der Waals surface area contributed by atoms with Crippen molar-refractivity contribution in [3.8, 4) is 0 Å². The number of cyclic esters (lactones) is 1. The second kappa shape index (κ2) is 11.5. The molecular weight excluding hydrogens is 559 g/mol. The van der Waals surface area contributed by atoms with Gasteiger partial charge in [-0.05, 0) is 31.0 Å². The lowest BCUT2D eigenvalue weighted by Crippen LogP contribution is -2.43. The van der Waals surface area contributed by atoms with Gasteiger partial charge in [-0.15, -0.1) is 0 Å². The zero-order chi connectivity index (χ0) is 30.1. The van der Waals surface area contributed by atoms with Gasteiger partial charge in [0.15, 0.2) is 0 Å². The fourth-order valence-corrected chi connectivity index (χ4v) is 5.30. The Morgan fingerprint density at radius 2 is 2.00 bits per heavy atom. The van der Waals surface area contributed by atoms with Crippen molar-refractivity contribution in [1.29, 1.82) is 0 Å². The van der Waals surface area contributed by atoms with Gasteiger partial charge in [0.05, 0.1) is 36.7 Å². The fraction of sp³-hybridized carbons (Fsp3) is 0.462. The molecule has 0 aliphatic carbocycles. The number of halogens is 1. The highest BCUT2D eigenvalue weighted by Gasteiger charge is 2.38. The van der Waals surface area contributed by atoms with E-state index in [-0.39, 0.29) is 31.7 Å². The molecule has 0 unspecified atom stereocenters. The number of carboxylic acid groups (broad SMARTS) is 1. The summed E-state index contributed by atoms with van der Waals surface area (Å²) in [6.45, 7) is 0.974. The van der Waals surface area contributed by atoms with Crippen molar-refractivity contribution in [2.24, 2.45) is 7.05 Å². The molecule has 3 aliphatic rings. The van der Waals surface area contributed by atoms with Crippen LogP contribution < -0.4 is 9.80 Å². The predicted octanol–water partition coefficient (Wildman–Crippen LogP) is 2.03. The summed E-state index contributed by atoms with van der Waals surface area (Å²) in [5.41, 5.74) is 2.48. The topological polar surface area (TPSA) is 164 Å². The van der Waals surface area contributed by atoms with Gasteiger partial charge in [-0.1, -0.05) is 0 Å². The van der Waals surface area contributed by atoms with E-state index in [1.807, 2.05) is 18.1 Å². The SMILES string of the molecule is CC(=O)N(C[C@H]1CN(c2ccc(N3Cc4cn(C)nc4C3)c(F)c2)C(=O)O1)C(=O)OCOC(=O)[C@@H]1CCCN1C(=O)O. The number of hydrogen-bond donors (Lipinski definition) is 1. The maximum Gasteiger partial charge on any atom is 0.419 e. The minimum Gasteiger partial charge on any atom is -0.465 e. The minimum atomic E-state index is -1.26. The first-order valence-corrected chi connectivity index (χ1v) is 13.2. The molecule has 2 atom stereocenters. The van der Waals surface area contributed by atoms with E-state index in [9.17, 15) is 24.0 Å². The number of carbonyl (C=O) groups excluding carboxylic acids is 4. The monoisotopic (exact) mass is 588 g/mol. The van der Waals surface area contributed by atoms with Crippen molar-refractivity contribution in [2.75, 3.05) is 36.2 Å². The summed E-state index contributed by atoms with van der Waals surface area (Å²) in [6, 6.07) is 3.37. The number of hydrogen-bond acceptors (Lipinski definition) is 10. The molecule has 0 bridgehead atoms.